The van der Waals surface area contributed by atoms with E-state index in [0.29, 0.717) is 5.69 Å². The molecule has 2 aromatic carbocycles. The van der Waals surface area contributed by atoms with Gasteiger partial charge in [-0.05, 0) is 53.7 Å². The van der Waals surface area contributed by atoms with Crippen molar-refractivity contribution in [2.45, 2.75) is 16.5 Å². The number of benzene rings is 2. The number of anilines is 1. The fourth-order valence-corrected chi connectivity index (χ4v) is 2.83. The van der Waals surface area contributed by atoms with Crippen molar-refractivity contribution in [2.24, 2.45) is 7.05 Å². The Kier molecular flexibility index (Phi) is 4.90. The normalized spacial score (nSPS) is 10.6. The van der Waals surface area contributed by atoms with Crippen molar-refractivity contribution in [2.75, 3.05) is 5.32 Å². The highest BCUT2D eigenvalue weighted by atomic mass is 32.2. The van der Waals surface area contributed by atoms with Crippen LogP contribution in [0.3, 0.4) is 0 Å². The summed E-state index contributed by atoms with van der Waals surface area (Å²) in [6.07, 6.45) is 1.85. The largest absolute Gasteiger partial charge is 0.326 e. The molecule has 0 spiro atoms. The fourth-order valence-electron chi connectivity index (χ4n) is 2.07. The van der Waals surface area contributed by atoms with Crippen LogP contribution in [0.5, 0.6) is 0 Å². The van der Waals surface area contributed by atoms with Crippen molar-refractivity contribution in [1.29, 1.82) is 0 Å². The van der Waals surface area contributed by atoms with Gasteiger partial charge in [-0.2, -0.15) is 0 Å². The van der Waals surface area contributed by atoms with E-state index in [9.17, 15) is 9.18 Å². The van der Waals surface area contributed by atoms with Crippen LogP contribution in [0.1, 0.15) is 5.56 Å². The average molecular weight is 342 g/mol. The first-order valence-corrected chi connectivity index (χ1v) is 8.08. The third-order valence-electron chi connectivity index (χ3n) is 3.30. The summed E-state index contributed by atoms with van der Waals surface area (Å²) in [6.45, 7) is 0. The quantitative estimate of drug-likeness (QED) is 0.773. The zero-order valence-corrected chi connectivity index (χ0v) is 13.8. The van der Waals surface area contributed by atoms with Crippen molar-refractivity contribution >= 4 is 23.4 Å². The lowest BCUT2D eigenvalue weighted by molar-refractivity contribution is -0.115. The minimum atomic E-state index is -0.310. The molecule has 0 radical (unpaired) electrons. The van der Waals surface area contributed by atoms with Crippen LogP contribution in [0.25, 0.3) is 0 Å². The van der Waals surface area contributed by atoms with Crippen molar-refractivity contribution in [3.8, 4) is 0 Å². The number of halogens is 1. The summed E-state index contributed by atoms with van der Waals surface area (Å²) in [5, 5.41) is 11.5. The van der Waals surface area contributed by atoms with Gasteiger partial charge in [-0.1, -0.05) is 12.1 Å². The van der Waals surface area contributed by atoms with Crippen LogP contribution >= 0.6 is 11.8 Å². The van der Waals surface area contributed by atoms with Gasteiger partial charge in [0.25, 0.3) is 0 Å². The van der Waals surface area contributed by atoms with E-state index in [1.807, 2.05) is 35.9 Å². The summed E-state index contributed by atoms with van der Waals surface area (Å²) in [6, 6.07) is 13.4. The third kappa shape index (κ3) is 4.20. The Balaban J connectivity index is 1.58. The molecule has 1 amide bonds. The highest BCUT2D eigenvalue weighted by Gasteiger charge is 2.06. The van der Waals surface area contributed by atoms with Crippen LogP contribution < -0.4 is 5.32 Å². The van der Waals surface area contributed by atoms with Crippen molar-refractivity contribution in [3.05, 3.63) is 66.2 Å². The van der Waals surface area contributed by atoms with Gasteiger partial charge in [0.2, 0.25) is 5.91 Å². The second-order valence-electron chi connectivity index (χ2n) is 5.20. The molecule has 1 heterocycles. The molecule has 0 saturated heterocycles. The van der Waals surface area contributed by atoms with E-state index >= 15 is 0 Å². The molecule has 0 unspecified atom stereocenters. The van der Waals surface area contributed by atoms with Crippen LogP contribution in [0.4, 0.5) is 10.1 Å². The number of nitrogens with one attached hydrogen (secondary N) is 1. The Hall–Kier alpha value is -2.67. The van der Waals surface area contributed by atoms with Gasteiger partial charge < -0.3 is 9.88 Å². The number of hydrogen-bond donors (Lipinski definition) is 1. The lowest BCUT2D eigenvalue weighted by Crippen LogP contribution is -2.14. The molecule has 3 rings (SSSR count). The SMILES string of the molecule is Cn1cnnc1Sc1ccc(NC(=O)Cc2ccc(F)cc2)cc1. The summed E-state index contributed by atoms with van der Waals surface area (Å²) in [4.78, 5) is 13.0. The van der Waals surface area contributed by atoms with Crippen LogP contribution in [-0.4, -0.2) is 20.7 Å². The predicted molar refractivity (Wildman–Crippen MR) is 90.3 cm³/mol. The number of rotatable bonds is 5. The molecule has 5 nitrogen and oxygen atoms in total. The first kappa shape index (κ1) is 16.2. The minimum absolute atomic E-state index is 0.143. The van der Waals surface area contributed by atoms with E-state index in [0.717, 1.165) is 15.6 Å². The van der Waals surface area contributed by atoms with Gasteiger partial charge in [-0.3, -0.25) is 4.79 Å². The molecule has 1 aromatic heterocycles. The lowest BCUT2D eigenvalue weighted by atomic mass is 10.1. The molecule has 0 bridgehead atoms. The van der Waals surface area contributed by atoms with Crippen LogP contribution in [-0.2, 0) is 18.3 Å². The van der Waals surface area contributed by atoms with Crippen molar-refractivity contribution < 1.29 is 9.18 Å². The van der Waals surface area contributed by atoms with Gasteiger partial charge in [-0.25, -0.2) is 4.39 Å². The van der Waals surface area contributed by atoms with Crippen LogP contribution in [0.2, 0.25) is 0 Å². The second-order valence-corrected chi connectivity index (χ2v) is 6.24. The standard InChI is InChI=1S/C17H15FN4OS/c1-22-11-19-21-17(22)24-15-8-6-14(7-9-15)20-16(23)10-12-2-4-13(18)5-3-12/h2-9,11H,10H2,1H3,(H,20,23). The molecule has 1 N–H and O–H groups in total. The molecule has 3 aromatic rings. The first-order chi connectivity index (χ1) is 11.6. The Morgan fingerprint density at radius 1 is 1.17 bits per heavy atom. The second kappa shape index (κ2) is 7.27. The Morgan fingerprint density at radius 3 is 2.50 bits per heavy atom. The summed E-state index contributed by atoms with van der Waals surface area (Å²) < 4.78 is 14.7. The number of aromatic nitrogens is 3. The van der Waals surface area contributed by atoms with E-state index < -0.39 is 0 Å². The van der Waals surface area contributed by atoms with E-state index in [-0.39, 0.29) is 18.1 Å². The maximum Gasteiger partial charge on any atom is 0.228 e. The van der Waals surface area contributed by atoms with Crippen molar-refractivity contribution in [1.82, 2.24) is 14.8 Å². The van der Waals surface area contributed by atoms with Crippen LogP contribution in [0.15, 0.2) is 64.9 Å². The molecular formula is C17H15FN4OS. The third-order valence-corrected chi connectivity index (χ3v) is 4.36. The maximum atomic E-state index is 12.9. The number of nitrogens with zero attached hydrogens (tertiary/aromatic N) is 3. The Bertz CT molecular complexity index is 831. The number of carbonyl (C=O) groups is 1. The van der Waals surface area contributed by atoms with Gasteiger partial charge in [0, 0.05) is 17.6 Å². The van der Waals surface area contributed by atoms with E-state index in [4.69, 9.17) is 0 Å². The minimum Gasteiger partial charge on any atom is -0.326 e. The summed E-state index contributed by atoms with van der Waals surface area (Å²) in [5.41, 5.74) is 1.48. The highest BCUT2D eigenvalue weighted by molar-refractivity contribution is 7.99. The average Bonchev–Trinajstić information content (AvgIpc) is 2.96. The zero-order valence-electron chi connectivity index (χ0n) is 12.9. The molecule has 0 fully saturated rings. The highest BCUT2D eigenvalue weighted by Crippen LogP contribution is 2.26. The van der Waals surface area contributed by atoms with E-state index in [2.05, 4.69) is 15.5 Å². The summed E-state index contributed by atoms with van der Waals surface area (Å²) in [7, 11) is 1.88. The van der Waals surface area contributed by atoms with E-state index in [1.54, 1.807) is 18.5 Å². The van der Waals surface area contributed by atoms with Gasteiger partial charge in [0.05, 0.1) is 6.42 Å². The van der Waals surface area contributed by atoms with Gasteiger partial charge in [0.1, 0.15) is 12.1 Å². The molecule has 7 heteroatoms. The molecule has 0 aliphatic heterocycles. The molecule has 0 atom stereocenters. The number of hydrogen-bond acceptors (Lipinski definition) is 4. The van der Waals surface area contributed by atoms with Crippen LogP contribution in [0, 0.1) is 5.82 Å². The monoisotopic (exact) mass is 342 g/mol. The smallest absolute Gasteiger partial charge is 0.228 e. The Morgan fingerprint density at radius 2 is 1.88 bits per heavy atom. The Labute approximate surface area is 142 Å². The van der Waals surface area contributed by atoms with Gasteiger partial charge >= 0.3 is 0 Å². The first-order valence-electron chi connectivity index (χ1n) is 7.26. The van der Waals surface area contributed by atoms with Gasteiger partial charge in [-0.15, -0.1) is 10.2 Å². The molecule has 0 aliphatic carbocycles. The summed E-state index contributed by atoms with van der Waals surface area (Å²) >= 11 is 1.49. The van der Waals surface area contributed by atoms with E-state index in [1.165, 1.54) is 23.9 Å². The topological polar surface area (TPSA) is 59.8 Å². The van der Waals surface area contributed by atoms with Gasteiger partial charge in [0.15, 0.2) is 5.16 Å². The van der Waals surface area contributed by atoms with Crippen molar-refractivity contribution in [3.63, 3.8) is 0 Å². The number of aryl methyl sites for hydroxylation is 1. The number of amides is 1. The molecule has 0 aliphatic rings. The maximum absolute atomic E-state index is 12.9. The zero-order chi connectivity index (χ0) is 16.9. The summed E-state index contributed by atoms with van der Waals surface area (Å²) in [5.74, 6) is -0.453. The predicted octanol–water partition coefficient (Wildman–Crippen LogP) is 3.29. The molecule has 24 heavy (non-hydrogen) atoms. The number of carbonyl (C=O) groups excluding carboxylic acids is 1. The lowest BCUT2D eigenvalue weighted by Gasteiger charge is -2.06. The molecular weight excluding hydrogens is 327 g/mol. The fraction of sp³-hybridized carbons (Fsp3) is 0.118. The molecule has 122 valence electrons. The molecule has 0 saturated carbocycles.